The number of anilines is 1. The predicted octanol–water partition coefficient (Wildman–Crippen LogP) is 7.88. The van der Waals surface area contributed by atoms with Crippen LogP contribution in [-0.4, -0.2) is 31.1 Å². The molecule has 8 heteroatoms. The molecule has 6 rings (SSSR count). The summed E-state index contributed by atoms with van der Waals surface area (Å²) in [7, 11) is 1.51. The van der Waals surface area contributed by atoms with Gasteiger partial charge in [-0.15, -0.1) is 0 Å². The van der Waals surface area contributed by atoms with Gasteiger partial charge in [0.1, 0.15) is 23.0 Å². The first kappa shape index (κ1) is 31.0. The first-order valence-electron chi connectivity index (χ1n) is 15.1. The molecule has 5 aromatic rings. The van der Waals surface area contributed by atoms with Crippen molar-refractivity contribution >= 4 is 29.7 Å². The maximum atomic E-state index is 13.2. The number of nitrogens with zero attached hydrogens (tertiary/aromatic N) is 1. The summed E-state index contributed by atoms with van der Waals surface area (Å²) in [5.41, 5.74) is 4.45. The molecular weight excluding hydrogens is 592 g/mol. The van der Waals surface area contributed by atoms with Crippen molar-refractivity contribution in [1.29, 1.82) is 0 Å². The van der Waals surface area contributed by atoms with Gasteiger partial charge in [-0.2, -0.15) is 0 Å². The highest BCUT2D eigenvalue weighted by atomic mass is 16.5. The fraction of sp³-hybridized carbons (Fsp3) is 0.128. The molecule has 47 heavy (non-hydrogen) atoms. The second kappa shape index (κ2) is 12.4. The van der Waals surface area contributed by atoms with E-state index in [1.807, 2.05) is 73.7 Å². The van der Waals surface area contributed by atoms with E-state index in [1.54, 1.807) is 42.5 Å². The summed E-state index contributed by atoms with van der Waals surface area (Å²) in [5.74, 6) is 1.03. The first-order chi connectivity index (χ1) is 22.6. The summed E-state index contributed by atoms with van der Waals surface area (Å²) in [5, 5.41) is 2.52. The predicted molar refractivity (Wildman–Crippen MR) is 179 cm³/mol. The number of carbonyl (C=O) groups is 4. The number of hydrogen-bond donors (Lipinski definition) is 1. The van der Waals surface area contributed by atoms with E-state index in [0.717, 1.165) is 16.7 Å². The Hall–Kier alpha value is -6.02. The second-order valence-electron chi connectivity index (χ2n) is 11.8. The van der Waals surface area contributed by atoms with Crippen LogP contribution in [0.25, 0.3) is 0 Å². The fourth-order valence-electron chi connectivity index (χ4n) is 5.65. The average Bonchev–Trinajstić information content (AvgIpc) is 3.33. The molecule has 3 amide bonds. The van der Waals surface area contributed by atoms with E-state index in [4.69, 9.17) is 9.47 Å². The lowest BCUT2D eigenvalue weighted by Gasteiger charge is -2.26. The van der Waals surface area contributed by atoms with Crippen molar-refractivity contribution in [2.45, 2.75) is 26.2 Å². The van der Waals surface area contributed by atoms with Crippen molar-refractivity contribution in [3.8, 4) is 23.0 Å². The lowest BCUT2D eigenvalue weighted by atomic mass is 9.78. The summed E-state index contributed by atoms with van der Waals surface area (Å²) in [6.45, 7) is 6.16. The van der Waals surface area contributed by atoms with Gasteiger partial charge in [0.2, 0.25) is 0 Å². The van der Waals surface area contributed by atoms with Crippen molar-refractivity contribution in [2.24, 2.45) is 0 Å². The standard InChI is InChI=1S/C39H32N2O6/c1-24-6-5-7-28(20-24)41-37(44)34-19-17-32(22-35(34)38(41)45)47-30-14-10-27(11-15-30)39(2,3)26-8-12-29(13-9-26)46-31-16-18-33(36(43)40-4)25(21-31)23-42/h5-23H,1-4H3,(H,40,43). The van der Waals surface area contributed by atoms with Gasteiger partial charge in [-0.1, -0.05) is 50.2 Å². The summed E-state index contributed by atoms with van der Waals surface area (Å²) in [6, 6.07) is 32.4. The number of ether oxygens (including phenoxy) is 2. The van der Waals surface area contributed by atoms with Crippen molar-refractivity contribution in [3.63, 3.8) is 0 Å². The van der Waals surface area contributed by atoms with Crippen LogP contribution in [0.2, 0.25) is 0 Å². The number of benzene rings is 5. The van der Waals surface area contributed by atoms with E-state index in [2.05, 4.69) is 19.2 Å². The van der Waals surface area contributed by atoms with Gasteiger partial charge in [0, 0.05) is 18.0 Å². The van der Waals surface area contributed by atoms with Crippen LogP contribution < -0.4 is 19.7 Å². The van der Waals surface area contributed by atoms with Crippen molar-refractivity contribution in [2.75, 3.05) is 11.9 Å². The molecule has 0 unspecified atom stereocenters. The number of hydrogen-bond acceptors (Lipinski definition) is 6. The van der Waals surface area contributed by atoms with Crippen LogP contribution in [0.1, 0.15) is 72.0 Å². The van der Waals surface area contributed by atoms with E-state index in [0.29, 0.717) is 46.1 Å². The third kappa shape index (κ3) is 6.01. The molecule has 1 heterocycles. The molecule has 1 N–H and O–H groups in total. The van der Waals surface area contributed by atoms with Crippen LogP contribution in [0, 0.1) is 6.92 Å². The Bertz CT molecular complexity index is 2030. The highest BCUT2D eigenvalue weighted by Crippen LogP contribution is 2.36. The van der Waals surface area contributed by atoms with Gasteiger partial charge in [0.25, 0.3) is 17.7 Å². The van der Waals surface area contributed by atoms with Gasteiger partial charge in [-0.3, -0.25) is 19.2 Å². The molecule has 0 saturated carbocycles. The highest BCUT2D eigenvalue weighted by molar-refractivity contribution is 6.34. The molecule has 0 bridgehead atoms. The number of rotatable bonds is 9. The zero-order valence-corrected chi connectivity index (χ0v) is 26.4. The third-order valence-corrected chi connectivity index (χ3v) is 8.36. The molecular formula is C39H32N2O6. The van der Waals surface area contributed by atoms with Crippen LogP contribution in [0.3, 0.4) is 0 Å². The minimum atomic E-state index is -0.376. The van der Waals surface area contributed by atoms with E-state index < -0.39 is 0 Å². The minimum absolute atomic E-state index is 0.247. The smallest absolute Gasteiger partial charge is 0.266 e. The van der Waals surface area contributed by atoms with Crippen molar-refractivity contribution < 1.29 is 28.7 Å². The third-order valence-electron chi connectivity index (χ3n) is 8.36. The molecule has 234 valence electrons. The van der Waals surface area contributed by atoms with E-state index in [1.165, 1.54) is 11.9 Å². The van der Waals surface area contributed by atoms with Gasteiger partial charge < -0.3 is 14.8 Å². The SMILES string of the molecule is CNC(=O)c1ccc(Oc2ccc(C(C)(C)c3ccc(Oc4ccc5c(c4)C(=O)N(c4cccc(C)c4)C5=O)cc3)cc2)cc1C=O. The Morgan fingerprint density at radius 3 is 1.83 bits per heavy atom. The lowest BCUT2D eigenvalue weighted by molar-refractivity contribution is 0.0923. The minimum Gasteiger partial charge on any atom is -0.457 e. The maximum absolute atomic E-state index is 13.2. The molecule has 0 fully saturated rings. The average molecular weight is 625 g/mol. The molecule has 0 aliphatic carbocycles. The Balaban J connectivity index is 1.14. The molecule has 8 nitrogen and oxygen atoms in total. The normalized spacial score (nSPS) is 12.5. The Labute approximate surface area is 272 Å². The number of amides is 3. The van der Waals surface area contributed by atoms with Crippen LogP contribution in [-0.2, 0) is 5.41 Å². The van der Waals surface area contributed by atoms with Crippen LogP contribution >= 0.6 is 0 Å². The Morgan fingerprint density at radius 2 is 1.26 bits per heavy atom. The molecule has 0 radical (unpaired) electrons. The van der Waals surface area contributed by atoms with Crippen molar-refractivity contribution in [3.05, 3.63) is 148 Å². The van der Waals surface area contributed by atoms with Gasteiger partial charge >= 0.3 is 0 Å². The zero-order valence-electron chi connectivity index (χ0n) is 26.4. The number of carbonyl (C=O) groups excluding carboxylic acids is 4. The monoisotopic (exact) mass is 624 g/mol. The first-order valence-corrected chi connectivity index (χ1v) is 15.1. The molecule has 0 aromatic heterocycles. The lowest BCUT2D eigenvalue weighted by Crippen LogP contribution is -2.29. The fourth-order valence-corrected chi connectivity index (χ4v) is 5.65. The van der Waals surface area contributed by atoms with Crippen LogP contribution in [0.5, 0.6) is 23.0 Å². The Kier molecular flexibility index (Phi) is 8.18. The number of imide groups is 1. The topological polar surface area (TPSA) is 102 Å². The summed E-state index contributed by atoms with van der Waals surface area (Å²) < 4.78 is 12.1. The van der Waals surface area contributed by atoms with Crippen LogP contribution in [0.4, 0.5) is 5.69 Å². The molecule has 0 atom stereocenters. The Morgan fingerprint density at radius 1 is 0.702 bits per heavy atom. The van der Waals surface area contributed by atoms with Crippen LogP contribution in [0.15, 0.2) is 109 Å². The molecule has 1 aliphatic heterocycles. The maximum Gasteiger partial charge on any atom is 0.266 e. The molecule has 5 aromatic carbocycles. The quantitative estimate of drug-likeness (QED) is 0.132. The second-order valence-corrected chi connectivity index (χ2v) is 11.8. The highest BCUT2D eigenvalue weighted by Gasteiger charge is 2.37. The molecule has 0 spiro atoms. The molecule has 0 saturated heterocycles. The van der Waals surface area contributed by atoms with E-state index >= 15 is 0 Å². The molecule has 1 aliphatic rings. The number of aryl methyl sites for hydroxylation is 1. The number of aldehydes is 1. The summed E-state index contributed by atoms with van der Waals surface area (Å²) in [6.07, 6.45) is 0.633. The number of nitrogens with one attached hydrogen (secondary N) is 1. The van der Waals surface area contributed by atoms with E-state index in [9.17, 15) is 19.2 Å². The summed E-state index contributed by atoms with van der Waals surface area (Å²) in [4.78, 5) is 51.0. The van der Waals surface area contributed by atoms with E-state index in [-0.39, 0.29) is 34.3 Å². The van der Waals surface area contributed by atoms with Gasteiger partial charge in [-0.05, 0) is 96.4 Å². The zero-order chi connectivity index (χ0) is 33.3. The van der Waals surface area contributed by atoms with Crippen molar-refractivity contribution in [1.82, 2.24) is 5.32 Å². The van der Waals surface area contributed by atoms with Gasteiger partial charge in [-0.25, -0.2) is 4.90 Å². The number of fused-ring (bicyclic) bond motifs is 1. The largest absolute Gasteiger partial charge is 0.457 e. The van der Waals surface area contributed by atoms with Gasteiger partial charge in [0.05, 0.1) is 22.4 Å². The van der Waals surface area contributed by atoms with Gasteiger partial charge in [0.15, 0.2) is 6.29 Å². The summed E-state index contributed by atoms with van der Waals surface area (Å²) >= 11 is 0.